The number of hydrogen-bond acceptors (Lipinski definition) is 2. The molecule has 2 aromatic carbocycles. The van der Waals surface area contributed by atoms with Gasteiger partial charge in [-0.15, -0.1) is 0 Å². The van der Waals surface area contributed by atoms with Gasteiger partial charge in [0.15, 0.2) is 0 Å². The molecule has 1 nitrogen and oxygen atoms in total. The standard InChI is InChI=1S/C18H17NS/c1-3-7-15(8-4-1)18(16-9-5-2-6-10-16)13-19-17-11-12-20-14-17/h1-12,14,18-19H,13H2. The van der Waals surface area contributed by atoms with Crippen LogP contribution in [0.3, 0.4) is 0 Å². The van der Waals surface area contributed by atoms with Crippen LogP contribution >= 0.6 is 11.3 Å². The average molecular weight is 279 g/mol. The van der Waals surface area contributed by atoms with Crippen LogP contribution in [0.2, 0.25) is 0 Å². The second-order valence-corrected chi connectivity index (χ2v) is 5.55. The maximum atomic E-state index is 3.53. The van der Waals surface area contributed by atoms with Gasteiger partial charge in [-0.2, -0.15) is 11.3 Å². The molecule has 2 heteroatoms. The van der Waals surface area contributed by atoms with Crippen LogP contribution in [0, 0.1) is 0 Å². The third-order valence-electron chi connectivity index (χ3n) is 3.44. The lowest BCUT2D eigenvalue weighted by atomic mass is 9.91. The third kappa shape index (κ3) is 3.09. The molecule has 1 heterocycles. The van der Waals surface area contributed by atoms with Crippen LogP contribution in [0.15, 0.2) is 77.5 Å². The van der Waals surface area contributed by atoms with Crippen molar-refractivity contribution in [2.75, 3.05) is 11.9 Å². The molecule has 1 aromatic heterocycles. The predicted octanol–water partition coefficient (Wildman–Crippen LogP) is 4.99. The molecule has 3 rings (SSSR count). The summed E-state index contributed by atoms with van der Waals surface area (Å²) in [5, 5.41) is 7.78. The summed E-state index contributed by atoms with van der Waals surface area (Å²) >= 11 is 1.72. The summed E-state index contributed by atoms with van der Waals surface area (Å²) in [6, 6.07) is 23.5. The summed E-state index contributed by atoms with van der Waals surface area (Å²) in [6.45, 7) is 0.908. The van der Waals surface area contributed by atoms with Crippen LogP contribution in [0.25, 0.3) is 0 Å². The van der Waals surface area contributed by atoms with Crippen LogP contribution < -0.4 is 5.32 Å². The van der Waals surface area contributed by atoms with E-state index in [0.29, 0.717) is 5.92 Å². The molecule has 1 N–H and O–H groups in total. The minimum absolute atomic E-state index is 0.372. The molecule has 0 aliphatic rings. The summed E-state index contributed by atoms with van der Waals surface area (Å²) < 4.78 is 0. The van der Waals surface area contributed by atoms with Gasteiger partial charge in [0.2, 0.25) is 0 Å². The Bertz CT molecular complexity index is 578. The molecule has 0 aliphatic heterocycles. The minimum atomic E-state index is 0.372. The fourth-order valence-electron chi connectivity index (χ4n) is 2.38. The van der Waals surface area contributed by atoms with Gasteiger partial charge in [-0.1, -0.05) is 60.7 Å². The van der Waals surface area contributed by atoms with Crippen LogP contribution in [0.1, 0.15) is 17.0 Å². The van der Waals surface area contributed by atoms with E-state index in [1.807, 2.05) is 0 Å². The van der Waals surface area contributed by atoms with E-state index >= 15 is 0 Å². The lowest BCUT2D eigenvalue weighted by Crippen LogP contribution is -2.13. The summed E-state index contributed by atoms with van der Waals surface area (Å²) in [4.78, 5) is 0. The van der Waals surface area contributed by atoms with E-state index in [0.717, 1.165) is 6.54 Å². The number of thiophene rings is 1. The van der Waals surface area contributed by atoms with Gasteiger partial charge in [-0.25, -0.2) is 0 Å². The van der Waals surface area contributed by atoms with Crippen LogP contribution in [0.4, 0.5) is 5.69 Å². The Morgan fingerprint density at radius 2 is 1.40 bits per heavy atom. The van der Waals surface area contributed by atoms with Gasteiger partial charge in [0, 0.05) is 23.5 Å². The molecule has 0 saturated heterocycles. The van der Waals surface area contributed by atoms with Crippen molar-refractivity contribution in [1.29, 1.82) is 0 Å². The van der Waals surface area contributed by atoms with E-state index in [9.17, 15) is 0 Å². The Morgan fingerprint density at radius 3 is 1.90 bits per heavy atom. The van der Waals surface area contributed by atoms with Crippen LogP contribution in [0.5, 0.6) is 0 Å². The molecular formula is C18H17NS. The first kappa shape index (κ1) is 12.9. The summed E-state index contributed by atoms with van der Waals surface area (Å²) in [5.41, 5.74) is 3.90. The van der Waals surface area contributed by atoms with E-state index in [1.165, 1.54) is 16.8 Å². The Morgan fingerprint density at radius 1 is 0.800 bits per heavy atom. The minimum Gasteiger partial charge on any atom is -0.383 e. The van der Waals surface area contributed by atoms with E-state index in [1.54, 1.807) is 11.3 Å². The van der Waals surface area contributed by atoms with Gasteiger partial charge in [-0.3, -0.25) is 0 Å². The molecule has 0 aliphatic carbocycles. The number of nitrogens with one attached hydrogen (secondary N) is 1. The molecular weight excluding hydrogens is 262 g/mol. The summed E-state index contributed by atoms with van der Waals surface area (Å²) in [7, 11) is 0. The topological polar surface area (TPSA) is 12.0 Å². The number of anilines is 1. The Kier molecular flexibility index (Phi) is 4.14. The molecule has 3 aromatic rings. The molecule has 0 fully saturated rings. The zero-order valence-electron chi connectivity index (χ0n) is 11.2. The van der Waals surface area contributed by atoms with E-state index < -0.39 is 0 Å². The van der Waals surface area contributed by atoms with Crippen molar-refractivity contribution < 1.29 is 0 Å². The number of hydrogen-bond donors (Lipinski definition) is 1. The van der Waals surface area contributed by atoms with E-state index in [-0.39, 0.29) is 0 Å². The maximum absolute atomic E-state index is 3.53. The number of benzene rings is 2. The normalized spacial score (nSPS) is 10.7. The monoisotopic (exact) mass is 279 g/mol. The van der Waals surface area contributed by atoms with Gasteiger partial charge in [0.25, 0.3) is 0 Å². The van der Waals surface area contributed by atoms with Crippen LogP contribution in [-0.4, -0.2) is 6.54 Å². The van der Waals surface area contributed by atoms with Crippen molar-refractivity contribution >= 4 is 17.0 Å². The van der Waals surface area contributed by atoms with Crippen molar-refractivity contribution in [3.63, 3.8) is 0 Å². The van der Waals surface area contributed by atoms with E-state index in [4.69, 9.17) is 0 Å². The highest BCUT2D eigenvalue weighted by atomic mass is 32.1. The van der Waals surface area contributed by atoms with Crippen molar-refractivity contribution in [2.24, 2.45) is 0 Å². The quantitative estimate of drug-likeness (QED) is 0.693. The molecule has 0 amide bonds. The average Bonchev–Trinajstić information content (AvgIpc) is 3.03. The van der Waals surface area contributed by atoms with Gasteiger partial charge in [0.1, 0.15) is 0 Å². The Labute approximate surface area is 123 Å². The zero-order chi connectivity index (χ0) is 13.6. The summed E-state index contributed by atoms with van der Waals surface area (Å²) in [5.74, 6) is 0.372. The second kappa shape index (κ2) is 6.40. The summed E-state index contributed by atoms with van der Waals surface area (Å²) in [6.07, 6.45) is 0. The fraction of sp³-hybridized carbons (Fsp3) is 0.111. The fourth-order valence-corrected chi connectivity index (χ4v) is 3.00. The lowest BCUT2D eigenvalue weighted by Gasteiger charge is -2.19. The third-order valence-corrected chi connectivity index (χ3v) is 4.12. The first-order chi connectivity index (χ1) is 9.93. The zero-order valence-corrected chi connectivity index (χ0v) is 12.0. The molecule has 0 radical (unpaired) electrons. The van der Waals surface area contributed by atoms with Gasteiger partial charge < -0.3 is 5.32 Å². The molecule has 20 heavy (non-hydrogen) atoms. The van der Waals surface area contributed by atoms with Crippen molar-refractivity contribution in [3.05, 3.63) is 88.6 Å². The highest BCUT2D eigenvalue weighted by Gasteiger charge is 2.13. The van der Waals surface area contributed by atoms with Gasteiger partial charge in [-0.05, 0) is 22.6 Å². The lowest BCUT2D eigenvalue weighted by molar-refractivity contribution is 0.853. The highest BCUT2D eigenvalue weighted by molar-refractivity contribution is 7.08. The first-order valence-electron chi connectivity index (χ1n) is 6.79. The second-order valence-electron chi connectivity index (χ2n) is 4.77. The Balaban J connectivity index is 1.84. The highest BCUT2D eigenvalue weighted by Crippen LogP contribution is 2.25. The van der Waals surface area contributed by atoms with Gasteiger partial charge >= 0.3 is 0 Å². The number of rotatable bonds is 5. The molecule has 100 valence electrons. The largest absolute Gasteiger partial charge is 0.383 e. The predicted molar refractivity (Wildman–Crippen MR) is 87.5 cm³/mol. The molecule has 0 spiro atoms. The first-order valence-corrected chi connectivity index (χ1v) is 7.74. The van der Waals surface area contributed by atoms with Crippen molar-refractivity contribution in [3.8, 4) is 0 Å². The molecule has 0 saturated carbocycles. The molecule has 0 bridgehead atoms. The Hall–Kier alpha value is -2.06. The smallest absolute Gasteiger partial charge is 0.0449 e. The SMILES string of the molecule is c1ccc(C(CNc2ccsc2)c2ccccc2)cc1. The molecule has 0 atom stereocenters. The van der Waals surface area contributed by atoms with Gasteiger partial charge in [0.05, 0.1) is 0 Å². The molecule has 0 unspecified atom stereocenters. The van der Waals surface area contributed by atoms with E-state index in [2.05, 4.69) is 82.8 Å². The van der Waals surface area contributed by atoms with Crippen molar-refractivity contribution in [2.45, 2.75) is 5.92 Å². The van der Waals surface area contributed by atoms with Crippen LogP contribution in [-0.2, 0) is 0 Å². The maximum Gasteiger partial charge on any atom is 0.0449 e. The van der Waals surface area contributed by atoms with Crippen molar-refractivity contribution in [1.82, 2.24) is 0 Å².